The van der Waals surface area contributed by atoms with Crippen LogP contribution in [0.25, 0.3) is 0 Å². The van der Waals surface area contributed by atoms with E-state index in [0.29, 0.717) is 4.32 Å². The number of hydrogen-bond donors (Lipinski definition) is 1. The Kier molecular flexibility index (Phi) is 4.57. The molecular weight excluding hydrogens is 224 g/mol. The Balaban J connectivity index is 2.96. The van der Waals surface area contributed by atoms with Crippen molar-refractivity contribution in [1.29, 1.82) is 0 Å². The maximum atomic E-state index is 5.97. The van der Waals surface area contributed by atoms with Crippen LogP contribution < -0.4 is 10.9 Å². The highest BCUT2D eigenvalue weighted by molar-refractivity contribution is 8.23. The van der Waals surface area contributed by atoms with Gasteiger partial charge in [0.15, 0.2) is 4.32 Å². The second-order valence-electron chi connectivity index (χ2n) is 3.29. The van der Waals surface area contributed by atoms with Crippen molar-refractivity contribution in [1.82, 2.24) is 0 Å². The van der Waals surface area contributed by atoms with Crippen molar-refractivity contribution < 1.29 is 0 Å². The summed E-state index contributed by atoms with van der Waals surface area (Å²) in [6.07, 6.45) is 0. The summed E-state index contributed by atoms with van der Waals surface area (Å²) in [5.41, 5.74) is 3.40. The Morgan fingerprint density at radius 2 is 2.13 bits per heavy atom. The van der Waals surface area contributed by atoms with Gasteiger partial charge >= 0.3 is 0 Å². The van der Waals surface area contributed by atoms with Gasteiger partial charge in [-0.3, -0.25) is 5.01 Å². The molecule has 0 unspecified atom stereocenters. The highest BCUT2D eigenvalue weighted by Crippen LogP contribution is 2.23. The molecule has 0 heterocycles. The molecule has 2 nitrogen and oxygen atoms in total. The first-order chi connectivity index (χ1) is 7.07. The Morgan fingerprint density at radius 1 is 1.47 bits per heavy atom. The van der Waals surface area contributed by atoms with Crippen molar-refractivity contribution in [3.63, 3.8) is 0 Å². The van der Waals surface area contributed by atoms with E-state index in [1.165, 1.54) is 11.1 Å². The Bertz CT molecular complexity index is 364. The number of benzene rings is 1. The predicted octanol–water partition coefficient (Wildman–Crippen LogP) is 3.02. The summed E-state index contributed by atoms with van der Waals surface area (Å²) in [4.78, 5) is 0. The Morgan fingerprint density at radius 3 is 2.73 bits per heavy atom. The molecule has 0 atom stereocenters. The molecule has 0 bridgehead atoms. The van der Waals surface area contributed by atoms with Gasteiger partial charge in [0.2, 0.25) is 0 Å². The van der Waals surface area contributed by atoms with E-state index in [1.807, 2.05) is 12.1 Å². The number of hydrogen-bond acceptors (Lipinski definition) is 3. The van der Waals surface area contributed by atoms with Gasteiger partial charge in [0, 0.05) is 0 Å². The summed E-state index contributed by atoms with van der Waals surface area (Å²) in [6, 6.07) is 6.06. The predicted molar refractivity (Wildman–Crippen MR) is 73.3 cm³/mol. The molecule has 2 N–H and O–H groups in total. The number of anilines is 1. The summed E-state index contributed by atoms with van der Waals surface area (Å²) in [6.45, 7) is 6.19. The lowest BCUT2D eigenvalue weighted by molar-refractivity contribution is 1.13. The van der Waals surface area contributed by atoms with Gasteiger partial charge in [-0.2, -0.15) is 0 Å². The molecule has 0 aliphatic heterocycles. The normalized spacial score (nSPS) is 10.1. The standard InChI is InChI=1S/C11H16N2S2/c1-4-15-11(14)13(12)10-7-5-6-8(2)9(10)3/h5-7H,4,12H2,1-3H3. The van der Waals surface area contributed by atoms with Crippen molar-refractivity contribution >= 4 is 34.0 Å². The number of rotatable bonds is 2. The third-order valence-electron chi connectivity index (χ3n) is 2.30. The van der Waals surface area contributed by atoms with E-state index in [9.17, 15) is 0 Å². The lowest BCUT2D eigenvalue weighted by Gasteiger charge is -2.21. The molecule has 82 valence electrons. The van der Waals surface area contributed by atoms with E-state index in [4.69, 9.17) is 18.1 Å². The van der Waals surface area contributed by atoms with Crippen LogP contribution in [0.5, 0.6) is 0 Å². The molecule has 0 aliphatic rings. The number of nitrogens with two attached hydrogens (primary N) is 1. The van der Waals surface area contributed by atoms with Gasteiger partial charge < -0.3 is 0 Å². The maximum Gasteiger partial charge on any atom is 0.155 e. The Labute approximate surface area is 101 Å². The minimum atomic E-state index is 0.714. The molecule has 0 spiro atoms. The minimum Gasteiger partial charge on any atom is -0.263 e. The van der Waals surface area contributed by atoms with Crippen molar-refractivity contribution in [2.24, 2.45) is 5.84 Å². The number of hydrazine groups is 1. The summed E-state index contributed by atoms with van der Waals surface area (Å²) in [5.74, 6) is 6.91. The zero-order valence-corrected chi connectivity index (χ0v) is 10.9. The molecule has 1 rings (SSSR count). The lowest BCUT2D eigenvalue weighted by Crippen LogP contribution is -2.35. The van der Waals surface area contributed by atoms with Gasteiger partial charge in [0.05, 0.1) is 5.69 Å². The van der Waals surface area contributed by atoms with Gasteiger partial charge in [-0.05, 0) is 36.8 Å². The van der Waals surface area contributed by atoms with Crippen LogP contribution in [0.3, 0.4) is 0 Å². The zero-order chi connectivity index (χ0) is 11.4. The van der Waals surface area contributed by atoms with E-state index in [-0.39, 0.29) is 0 Å². The summed E-state index contributed by atoms with van der Waals surface area (Å²) >= 11 is 6.81. The zero-order valence-electron chi connectivity index (χ0n) is 9.28. The van der Waals surface area contributed by atoms with Gasteiger partial charge in [-0.25, -0.2) is 5.84 Å². The second-order valence-corrected chi connectivity index (χ2v) is 5.19. The Hall–Kier alpha value is -0.580. The molecule has 0 radical (unpaired) electrons. The van der Waals surface area contributed by atoms with Crippen LogP contribution in [0.4, 0.5) is 5.69 Å². The quantitative estimate of drug-likeness (QED) is 0.489. The molecule has 0 saturated carbocycles. The van der Waals surface area contributed by atoms with Crippen molar-refractivity contribution in [2.45, 2.75) is 20.8 Å². The minimum absolute atomic E-state index is 0.714. The highest BCUT2D eigenvalue weighted by Gasteiger charge is 2.10. The summed E-state index contributed by atoms with van der Waals surface area (Å²) < 4.78 is 0.714. The highest BCUT2D eigenvalue weighted by atomic mass is 32.2. The van der Waals surface area contributed by atoms with E-state index in [1.54, 1.807) is 16.8 Å². The molecule has 0 fully saturated rings. The van der Waals surface area contributed by atoms with Gasteiger partial charge in [-0.15, -0.1) is 0 Å². The molecule has 0 aliphatic carbocycles. The van der Waals surface area contributed by atoms with Crippen LogP contribution in [-0.2, 0) is 0 Å². The third kappa shape index (κ3) is 2.93. The number of thiocarbonyl (C=S) groups is 1. The fourth-order valence-electron chi connectivity index (χ4n) is 1.29. The maximum absolute atomic E-state index is 5.97. The second kappa shape index (κ2) is 5.49. The van der Waals surface area contributed by atoms with E-state index in [0.717, 1.165) is 11.4 Å². The fraction of sp³-hybridized carbons (Fsp3) is 0.364. The van der Waals surface area contributed by atoms with E-state index >= 15 is 0 Å². The largest absolute Gasteiger partial charge is 0.263 e. The fourth-order valence-corrected chi connectivity index (χ4v) is 2.22. The number of nitrogens with zero attached hydrogens (tertiary/aromatic N) is 1. The topological polar surface area (TPSA) is 29.3 Å². The first kappa shape index (κ1) is 12.5. The molecule has 1 aromatic carbocycles. The van der Waals surface area contributed by atoms with E-state index < -0.39 is 0 Å². The van der Waals surface area contributed by atoms with Crippen molar-refractivity contribution in [3.05, 3.63) is 29.3 Å². The molecule has 0 amide bonds. The van der Waals surface area contributed by atoms with Gasteiger partial charge in [0.25, 0.3) is 0 Å². The molecule has 0 aromatic heterocycles. The van der Waals surface area contributed by atoms with Crippen LogP contribution in [0.1, 0.15) is 18.1 Å². The number of aryl methyl sites for hydroxylation is 1. The van der Waals surface area contributed by atoms with E-state index in [2.05, 4.69) is 26.8 Å². The molecule has 4 heteroatoms. The van der Waals surface area contributed by atoms with Crippen LogP contribution >= 0.6 is 24.0 Å². The summed E-state index contributed by atoms with van der Waals surface area (Å²) in [7, 11) is 0. The third-order valence-corrected chi connectivity index (χ3v) is 3.58. The smallest absolute Gasteiger partial charge is 0.155 e. The summed E-state index contributed by atoms with van der Waals surface area (Å²) in [5, 5.41) is 1.59. The van der Waals surface area contributed by atoms with Crippen LogP contribution in [-0.4, -0.2) is 10.1 Å². The monoisotopic (exact) mass is 240 g/mol. The van der Waals surface area contributed by atoms with Gasteiger partial charge in [0.1, 0.15) is 0 Å². The van der Waals surface area contributed by atoms with Crippen molar-refractivity contribution in [3.8, 4) is 0 Å². The SMILES string of the molecule is CCSC(=S)N(N)c1cccc(C)c1C. The van der Waals surface area contributed by atoms with Crippen molar-refractivity contribution in [2.75, 3.05) is 10.8 Å². The van der Waals surface area contributed by atoms with Gasteiger partial charge in [-0.1, -0.05) is 43.0 Å². The molecule has 0 saturated heterocycles. The van der Waals surface area contributed by atoms with Crippen LogP contribution in [0.15, 0.2) is 18.2 Å². The molecule has 1 aromatic rings. The average molecular weight is 240 g/mol. The number of thioether (sulfide) groups is 1. The first-order valence-corrected chi connectivity index (χ1v) is 6.25. The van der Waals surface area contributed by atoms with Crippen LogP contribution in [0, 0.1) is 13.8 Å². The molecule has 15 heavy (non-hydrogen) atoms. The molecular formula is C11H16N2S2. The van der Waals surface area contributed by atoms with Crippen LogP contribution in [0.2, 0.25) is 0 Å². The lowest BCUT2D eigenvalue weighted by atomic mass is 10.1. The average Bonchev–Trinajstić information content (AvgIpc) is 2.21. The first-order valence-electron chi connectivity index (χ1n) is 4.85.